The molecule has 2 rings (SSSR count). The Morgan fingerprint density at radius 1 is 1.33 bits per heavy atom. The van der Waals surface area contributed by atoms with E-state index in [2.05, 4.69) is 21.0 Å². The summed E-state index contributed by atoms with van der Waals surface area (Å²) in [4.78, 5) is 34.0. The Kier molecular flexibility index (Phi) is 4.36. The Balaban J connectivity index is 1.80. The Labute approximate surface area is 120 Å². The van der Waals surface area contributed by atoms with Crippen molar-refractivity contribution in [3.63, 3.8) is 0 Å². The van der Waals surface area contributed by atoms with Crippen molar-refractivity contribution < 1.29 is 18.0 Å². The number of aromatic nitrogens is 2. The van der Waals surface area contributed by atoms with Gasteiger partial charge in [0.05, 0.1) is 11.5 Å². The van der Waals surface area contributed by atoms with Gasteiger partial charge in [-0.15, -0.1) is 0 Å². The van der Waals surface area contributed by atoms with Crippen LogP contribution in [0, 0.1) is 5.92 Å². The first-order valence-electron chi connectivity index (χ1n) is 6.21. The van der Waals surface area contributed by atoms with E-state index in [0.717, 1.165) is 6.07 Å². The number of sulfone groups is 1. The second-order valence-corrected chi connectivity index (χ2v) is 7.01. The number of nitrogens with zero attached hydrogens (tertiary/aromatic N) is 1. The number of nitrogens with one attached hydrogen (secondary N) is 3. The van der Waals surface area contributed by atoms with Gasteiger partial charge in [-0.2, -0.15) is 5.10 Å². The number of carbonyl (C=O) groups is 2. The lowest BCUT2D eigenvalue weighted by Gasteiger charge is -2.09. The largest absolute Gasteiger partial charge is 0.290 e. The van der Waals surface area contributed by atoms with E-state index in [4.69, 9.17) is 0 Å². The van der Waals surface area contributed by atoms with Gasteiger partial charge in [-0.25, -0.2) is 13.5 Å². The smallest absolute Gasteiger partial charge is 0.273 e. The van der Waals surface area contributed by atoms with Gasteiger partial charge in [-0.1, -0.05) is 0 Å². The number of carbonyl (C=O) groups excluding carboxylic acids is 2. The molecule has 1 unspecified atom stereocenters. The Bertz CT molecular complexity index is 691. The maximum absolute atomic E-state index is 11.6. The Morgan fingerprint density at radius 3 is 2.67 bits per heavy atom. The molecule has 1 aromatic rings. The molecule has 1 saturated heterocycles. The zero-order valence-electron chi connectivity index (χ0n) is 11.0. The van der Waals surface area contributed by atoms with Gasteiger partial charge in [-0.05, 0) is 18.4 Å². The molecule has 9 nitrogen and oxygen atoms in total. The minimum absolute atomic E-state index is 0.00412. The average molecular weight is 314 g/mol. The molecule has 114 valence electrons. The molecule has 2 heterocycles. The van der Waals surface area contributed by atoms with Crippen molar-refractivity contribution in [2.24, 2.45) is 5.92 Å². The third-order valence-electron chi connectivity index (χ3n) is 3.03. The molecule has 0 aromatic carbocycles. The number of hydrazine groups is 1. The van der Waals surface area contributed by atoms with Gasteiger partial charge in [0.15, 0.2) is 15.5 Å². The fraction of sp³-hybridized carbons (Fsp3) is 0.455. The van der Waals surface area contributed by atoms with Crippen LogP contribution in [0.15, 0.2) is 16.9 Å². The quantitative estimate of drug-likeness (QED) is 0.572. The lowest BCUT2D eigenvalue weighted by Crippen LogP contribution is -2.42. The molecule has 1 aromatic heterocycles. The molecule has 0 spiro atoms. The normalized spacial score (nSPS) is 19.9. The summed E-state index contributed by atoms with van der Waals surface area (Å²) >= 11 is 0. The standard InChI is InChI=1S/C11H14N4O5S/c16-9-2-1-8(12-13-9)11(18)15-14-10(17)5-7-3-4-21(19,20)6-7/h1-2,7H,3-6H2,(H,13,16)(H,14,17)(H,15,18). The molecular weight excluding hydrogens is 300 g/mol. The van der Waals surface area contributed by atoms with Crippen LogP contribution in [0.5, 0.6) is 0 Å². The van der Waals surface area contributed by atoms with Crippen LogP contribution in [0.4, 0.5) is 0 Å². The summed E-state index contributed by atoms with van der Waals surface area (Å²) < 4.78 is 22.5. The molecule has 1 aliphatic heterocycles. The Hall–Kier alpha value is -2.23. The van der Waals surface area contributed by atoms with Crippen LogP contribution >= 0.6 is 0 Å². The highest BCUT2D eigenvalue weighted by molar-refractivity contribution is 7.91. The molecular formula is C11H14N4O5S. The minimum Gasteiger partial charge on any atom is -0.273 e. The molecule has 1 atom stereocenters. The summed E-state index contributed by atoms with van der Waals surface area (Å²) in [6, 6.07) is 2.34. The van der Waals surface area contributed by atoms with Gasteiger partial charge >= 0.3 is 0 Å². The van der Waals surface area contributed by atoms with Crippen molar-refractivity contribution in [2.45, 2.75) is 12.8 Å². The second-order valence-electron chi connectivity index (χ2n) is 4.78. The summed E-state index contributed by atoms with van der Waals surface area (Å²) in [5.41, 5.74) is 3.82. The van der Waals surface area contributed by atoms with Crippen molar-refractivity contribution >= 4 is 21.7 Å². The van der Waals surface area contributed by atoms with Gasteiger partial charge in [0, 0.05) is 12.5 Å². The van der Waals surface area contributed by atoms with Crippen molar-refractivity contribution in [3.8, 4) is 0 Å². The van der Waals surface area contributed by atoms with Gasteiger partial charge < -0.3 is 0 Å². The van der Waals surface area contributed by atoms with E-state index >= 15 is 0 Å². The van der Waals surface area contributed by atoms with Crippen LogP contribution in [0.25, 0.3) is 0 Å². The first kappa shape index (κ1) is 15.2. The molecule has 21 heavy (non-hydrogen) atoms. The number of hydrogen-bond donors (Lipinski definition) is 3. The highest BCUT2D eigenvalue weighted by Gasteiger charge is 2.29. The number of hydrogen-bond acceptors (Lipinski definition) is 6. The third-order valence-corrected chi connectivity index (χ3v) is 4.87. The van der Waals surface area contributed by atoms with Crippen molar-refractivity contribution in [2.75, 3.05) is 11.5 Å². The van der Waals surface area contributed by atoms with Crippen LogP contribution < -0.4 is 16.4 Å². The van der Waals surface area contributed by atoms with Gasteiger partial charge in [0.2, 0.25) is 5.91 Å². The number of amides is 2. The van der Waals surface area contributed by atoms with Gasteiger partial charge in [-0.3, -0.25) is 25.2 Å². The summed E-state index contributed by atoms with van der Waals surface area (Å²) in [6.45, 7) is 0. The molecule has 1 aliphatic rings. The van der Waals surface area contributed by atoms with E-state index in [9.17, 15) is 22.8 Å². The molecule has 3 N–H and O–H groups in total. The molecule has 0 bridgehead atoms. The molecule has 2 amide bonds. The van der Waals surface area contributed by atoms with E-state index in [1.807, 2.05) is 0 Å². The van der Waals surface area contributed by atoms with Gasteiger partial charge in [0.25, 0.3) is 11.5 Å². The zero-order chi connectivity index (χ0) is 15.5. The predicted octanol–water partition coefficient (Wildman–Crippen LogP) is -1.64. The zero-order valence-corrected chi connectivity index (χ0v) is 11.8. The molecule has 1 fully saturated rings. The van der Waals surface area contributed by atoms with Crippen LogP contribution in [0.1, 0.15) is 23.3 Å². The summed E-state index contributed by atoms with van der Waals surface area (Å²) in [5.74, 6) is -1.29. The summed E-state index contributed by atoms with van der Waals surface area (Å²) in [7, 11) is -3.03. The first-order chi connectivity index (χ1) is 9.85. The number of aromatic amines is 1. The molecule has 0 radical (unpaired) electrons. The SMILES string of the molecule is O=C(CC1CCS(=O)(=O)C1)NNC(=O)c1ccc(=O)[nH]n1. The maximum atomic E-state index is 11.6. The second kappa shape index (κ2) is 6.04. The molecule has 0 saturated carbocycles. The monoisotopic (exact) mass is 314 g/mol. The lowest BCUT2D eigenvalue weighted by molar-refractivity contribution is -0.122. The van der Waals surface area contributed by atoms with Crippen LogP contribution in [0.2, 0.25) is 0 Å². The van der Waals surface area contributed by atoms with Crippen molar-refractivity contribution in [3.05, 3.63) is 28.2 Å². The minimum atomic E-state index is -3.03. The fourth-order valence-corrected chi connectivity index (χ4v) is 3.87. The van der Waals surface area contributed by atoms with Crippen LogP contribution in [0.3, 0.4) is 0 Å². The van der Waals surface area contributed by atoms with E-state index < -0.39 is 27.2 Å². The fourth-order valence-electron chi connectivity index (χ4n) is 2.01. The lowest BCUT2D eigenvalue weighted by atomic mass is 10.1. The van der Waals surface area contributed by atoms with Crippen LogP contribution in [-0.2, 0) is 14.6 Å². The number of H-pyrrole nitrogens is 1. The van der Waals surface area contributed by atoms with E-state index in [0.29, 0.717) is 6.42 Å². The maximum Gasteiger partial charge on any atom is 0.290 e. The molecule has 0 aliphatic carbocycles. The first-order valence-corrected chi connectivity index (χ1v) is 8.03. The topological polar surface area (TPSA) is 138 Å². The van der Waals surface area contributed by atoms with Crippen LogP contribution in [-0.4, -0.2) is 41.9 Å². The van der Waals surface area contributed by atoms with E-state index in [-0.39, 0.29) is 29.5 Å². The summed E-state index contributed by atoms with van der Waals surface area (Å²) in [6.07, 6.45) is 0.476. The van der Waals surface area contributed by atoms with E-state index in [1.165, 1.54) is 6.07 Å². The van der Waals surface area contributed by atoms with Crippen molar-refractivity contribution in [1.29, 1.82) is 0 Å². The third kappa shape index (κ3) is 4.38. The number of rotatable bonds is 3. The average Bonchev–Trinajstić information content (AvgIpc) is 2.76. The predicted molar refractivity (Wildman–Crippen MR) is 71.8 cm³/mol. The van der Waals surface area contributed by atoms with E-state index in [1.54, 1.807) is 0 Å². The summed E-state index contributed by atoms with van der Waals surface area (Å²) in [5, 5.41) is 5.59. The highest BCUT2D eigenvalue weighted by Crippen LogP contribution is 2.21. The highest BCUT2D eigenvalue weighted by atomic mass is 32.2. The molecule has 10 heteroatoms. The Morgan fingerprint density at radius 2 is 2.10 bits per heavy atom. The van der Waals surface area contributed by atoms with Gasteiger partial charge in [0.1, 0.15) is 0 Å². The van der Waals surface area contributed by atoms with Crippen molar-refractivity contribution in [1.82, 2.24) is 21.0 Å².